The lowest BCUT2D eigenvalue weighted by molar-refractivity contribution is -0.340. The Morgan fingerprint density at radius 3 is 2.03 bits per heavy atom. The fourth-order valence-corrected chi connectivity index (χ4v) is 11.1. The summed E-state index contributed by atoms with van der Waals surface area (Å²) in [5, 5.41) is 16.9. The van der Waals surface area contributed by atoms with Crippen LogP contribution in [0.25, 0.3) is 0 Å². The van der Waals surface area contributed by atoms with Crippen molar-refractivity contribution in [2.24, 2.45) is 35.5 Å². The fraction of sp³-hybridized carbons (Fsp3) is 0.809. The molecule has 13 atom stereocenters. The van der Waals surface area contributed by atoms with E-state index in [1.54, 1.807) is 6.92 Å². The monoisotopic (exact) mass is 877 g/mol. The average Bonchev–Trinajstić information content (AvgIpc) is 3.17. The first-order chi connectivity index (χ1) is 28.5. The topological polar surface area (TPSA) is 160 Å². The van der Waals surface area contributed by atoms with Crippen LogP contribution < -0.4 is 10.6 Å². The molecule has 0 bridgehead atoms. The molecule has 1 aromatic carbocycles. The zero-order valence-corrected chi connectivity index (χ0v) is 40.6. The van der Waals surface area contributed by atoms with Crippen molar-refractivity contribution in [2.75, 3.05) is 13.2 Å². The Hall–Kier alpha value is -2.43. The lowest BCUT2D eigenvalue weighted by Gasteiger charge is -2.51. The van der Waals surface area contributed by atoms with Crippen LogP contribution in [0.2, 0.25) is 18.1 Å². The summed E-state index contributed by atoms with van der Waals surface area (Å²) < 4.78 is 45.7. The zero-order valence-electron chi connectivity index (χ0n) is 39.6. The molecule has 3 aliphatic rings. The van der Waals surface area contributed by atoms with E-state index in [-0.39, 0.29) is 84.9 Å². The van der Waals surface area contributed by atoms with E-state index < -0.39 is 69.8 Å². The van der Waals surface area contributed by atoms with Gasteiger partial charge in [0.1, 0.15) is 12.2 Å². The Labute approximate surface area is 367 Å². The number of aliphatic hydroxyl groups excluding tert-OH is 1. The van der Waals surface area contributed by atoms with Crippen LogP contribution in [0.5, 0.6) is 0 Å². The first kappa shape index (κ1) is 51.2. The molecule has 14 heteroatoms. The highest BCUT2D eigenvalue weighted by molar-refractivity contribution is 6.74. The lowest BCUT2D eigenvalue weighted by Crippen LogP contribution is -2.64. The van der Waals surface area contributed by atoms with Crippen LogP contribution in [0, 0.1) is 35.5 Å². The van der Waals surface area contributed by atoms with Gasteiger partial charge in [-0.15, -0.1) is 0 Å². The van der Waals surface area contributed by atoms with Gasteiger partial charge >= 0.3 is 5.97 Å². The molecule has 4 rings (SSSR count). The maximum atomic E-state index is 13.9. The molecule has 13 nitrogen and oxygen atoms in total. The molecule has 3 N–H and O–H groups in total. The summed E-state index contributed by atoms with van der Waals surface area (Å²) in [5.74, 6) is -0.502. The average molecular weight is 877 g/mol. The van der Waals surface area contributed by atoms with E-state index >= 15 is 0 Å². The molecule has 5 unspecified atom stereocenters. The number of rotatable bonds is 20. The fourth-order valence-electron chi connectivity index (χ4n) is 8.58. The van der Waals surface area contributed by atoms with Crippen molar-refractivity contribution < 1.29 is 52.3 Å². The number of fused-ring (bicyclic) bond motifs is 1. The summed E-state index contributed by atoms with van der Waals surface area (Å²) in [4.78, 5) is 39.7. The van der Waals surface area contributed by atoms with Crippen molar-refractivity contribution in [3.05, 3.63) is 35.9 Å². The highest BCUT2D eigenvalue weighted by Crippen LogP contribution is 2.47. The van der Waals surface area contributed by atoms with E-state index in [4.69, 9.17) is 32.8 Å². The standard InChI is InChI=1S/C47H80N2O11Si/c1-15-40(53)56-35(22-28(4)5)24-39(52)49-42-32(10)43-37(26-54-44(59-43)33-19-17-16-18-20-33)58-45(42)55-25-36-30(8)31(9)41(48-38(51)23-34(50)21-27(2)3)46(57-36)60-61(13,14)47(11,12)29(6)7/h16-20,27-32,34-37,41-46,50H,15,21-26H2,1-14H3,(H,48,51)(H,49,52)/t30-,31-,32+,34+,35+,36?,37?,41?,42?,43-,44?,45+,46-/m0/s1. The van der Waals surface area contributed by atoms with Gasteiger partial charge in [0.15, 0.2) is 27.2 Å². The third kappa shape index (κ3) is 13.8. The molecule has 0 radical (unpaired) electrons. The summed E-state index contributed by atoms with van der Waals surface area (Å²) in [6.07, 6.45) is -3.62. The van der Waals surface area contributed by atoms with Crippen LogP contribution in [-0.4, -0.2) is 99.6 Å². The first-order valence-electron chi connectivity index (χ1n) is 22.9. The van der Waals surface area contributed by atoms with Gasteiger partial charge in [-0.2, -0.15) is 0 Å². The van der Waals surface area contributed by atoms with Gasteiger partial charge in [-0.25, -0.2) is 0 Å². The molecular weight excluding hydrogens is 797 g/mol. The summed E-state index contributed by atoms with van der Waals surface area (Å²) in [5.41, 5.74) is 0.889. The second kappa shape index (κ2) is 22.5. The Morgan fingerprint density at radius 2 is 1.44 bits per heavy atom. The van der Waals surface area contributed by atoms with E-state index in [0.29, 0.717) is 18.8 Å². The molecule has 0 saturated carbocycles. The van der Waals surface area contributed by atoms with Gasteiger partial charge in [0.25, 0.3) is 0 Å². The molecule has 0 aliphatic carbocycles. The van der Waals surface area contributed by atoms with Crippen LogP contribution >= 0.6 is 0 Å². The number of amides is 2. The molecule has 1 aromatic rings. The molecule has 3 heterocycles. The maximum absolute atomic E-state index is 13.9. The zero-order chi connectivity index (χ0) is 45.4. The van der Waals surface area contributed by atoms with Gasteiger partial charge in [-0.05, 0) is 60.6 Å². The third-order valence-corrected chi connectivity index (χ3v) is 18.3. The summed E-state index contributed by atoms with van der Waals surface area (Å²) in [6.45, 7) is 29.7. The minimum Gasteiger partial charge on any atom is -0.462 e. The SMILES string of the molecule is CCC(=O)O[C@@H](CC(=O)NC1[C@H](OCC2O[C@@H](O[Si](C)(C)C(C)(C)C(C)C)C(NC(=O)C[C@H](O)CC(C)C)[C@@H](C)[C@@H]2C)OC2COC(c3ccccc3)O[C@H]2[C@@H]1C)CC(C)C. The summed E-state index contributed by atoms with van der Waals surface area (Å²) in [6, 6.07) is 8.64. The van der Waals surface area contributed by atoms with Crippen molar-refractivity contribution in [2.45, 2.75) is 195 Å². The molecule has 3 fully saturated rings. The number of hydrogen-bond acceptors (Lipinski definition) is 11. The molecule has 3 saturated heterocycles. The largest absolute Gasteiger partial charge is 0.462 e. The number of carbonyl (C=O) groups excluding carboxylic acids is 3. The first-order valence-corrected chi connectivity index (χ1v) is 25.8. The van der Waals surface area contributed by atoms with E-state index in [2.05, 4.69) is 65.3 Å². The molecular formula is C47H80N2O11Si. The Balaban J connectivity index is 1.58. The van der Waals surface area contributed by atoms with Gasteiger partial charge < -0.3 is 48.6 Å². The van der Waals surface area contributed by atoms with Crippen LogP contribution in [0.15, 0.2) is 30.3 Å². The Morgan fingerprint density at radius 1 is 0.836 bits per heavy atom. The van der Waals surface area contributed by atoms with Gasteiger partial charge in [0.2, 0.25) is 11.8 Å². The molecule has 0 spiro atoms. The molecule has 3 aliphatic heterocycles. The van der Waals surface area contributed by atoms with Crippen LogP contribution in [-0.2, 0) is 47.2 Å². The second-order valence-electron chi connectivity index (χ2n) is 20.2. The minimum atomic E-state index is -2.49. The van der Waals surface area contributed by atoms with Gasteiger partial charge in [-0.3, -0.25) is 14.4 Å². The quantitative estimate of drug-likeness (QED) is 0.0872. The molecule has 61 heavy (non-hydrogen) atoms. The molecule has 2 amide bonds. The number of ether oxygens (including phenoxy) is 6. The smallest absolute Gasteiger partial charge is 0.305 e. The second-order valence-corrected chi connectivity index (χ2v) is 24.7. The number of hydrogen-bond donors (Lipinski definition) is 3. The van der Waals surface area contributed by atoms with Gasteiger partial charge in [-0.1, -0.05) is 113 Å². The van der Waals surface area contributed by atoms with E-state index in [1.165, 1.54) is 0 Å². The Kier molecular flexibility index (Phi) is 18.9. The number of carbonyl (C=O) groups is 3. The highest BCUT2D eigenvalue weighted by atomic mass is 28.4. The van der Waals surface area contributed by atoms with Gasteiger partial charge in [0.05, 0.1) is 56.5 Å². The van der Waals surface area contributed by atoms with Crippen LogP contribution in [0.1, 0.15) is 127 Å². The number of aliphatic hydroxyl groups is 1. The van der Waals surface area contributed by atoms with E-state index in [1.807, 2.05) is 65.0 Å². The maximum Gasteiger partial charge on any atom is 0.305 e. The van der Waals surface area contributed by atoms with Gasteiger partial charge in [0, 0.05) is 17.9 Å². The lowest BCUT2D eigenvalue weighted by atomic mass is 9.82. The number of nitrogens with one attached hydrogen (secondary N) is 2. The molecule has 348 valence electrons. The predicted molar refractivity (Wildman–Crippen MR) is 236 cm³/mol. The van der Waals surface area contributed by atoms with Crippen LogP contribution in [0.3, 0.4) is 0 Å². The number of benzene rings is 1. The normalized spacial score (nSPS) is 30.8. The van der Waals surface area contributed by atoms with E-state index in [9.17, 15) is 19.5 Å². The molecule has 0 aromatic heterocycles. The van der Waals surface area contributed by atoms with Crippen molar-refractivity contribution in [3.8, 4) is 0 Å². The predicted octanol–water partition coefficient (Wildman–Crippen LogP) is 7.66. The van der Waals surface area contributed by atoms with Crippen LogP contribution in [0.4, 0.5) is 0 Å². The minimum absolute atomic E-state index is 0.00139. The highest BCUT2D eigenvalue weighted by Gasteiger charge is 2.52. The van der Waals surface area contributed by atoms with Crippen molar-refractivity contribution in [1.29, 1.82) is 0 Å². The van der Waals surface area contributed by atoms with Crippen molar-refractivity contribution in [1.82, 2.24) is 10.6 Å². The van der Waals surface area contributed by atoms with Crippen molar-refractivity contribution >= 4 is 26.1 Å². The third-order valence-electron chi connectivity index (χ3n) is 13.8. The van der Waals surface area contributed by atoms with E-state index in [0.717, 1.165) is 5.56 Å². The van der Waals surface area contributed by atoms with Crippen molar-refractivity contribution in [3.63, 3.8) is 0 Å². The summed E-state index contributed by atoms with van der Waals surface area (Å²) >= 11 is 0. The Bertz CT molecular complexity index is 1540. The number of esters is 1. The summed E-state index contributed by atoms with van der Waals surface area (Å²) in [7, 11) is -2.49.